The van der Waals surface area contributed by atoms with Gasteiger partial charge in [-0.1, -0.05) is 18.0 Å². The fourth-order valence-corrected chi connectivity index (χ4v) is 3.61. The third-order valence-electron chi connectivity index (χ3n) is 4.68. The molecule has 1 aliphatic heterocycles. The fourth-order valence-electron chi connectivity index (χ4n) is 3.49. The maximum Gasteiger partial charge on any atom is 0.260 e. The van der Waals surface area contributed by atoms with E-state index in [0.717, 1.165) is 19.5 Å². The van der Waals surface area contributed by atoms with Crippen molar-refractivity contribution in [3.8, 4) is 5.75 Å². The number of nitrogens with zero attached hydrogens (tertiary/aromatic N) is 1. The Morgan fingerprint density at radius 1 is 1.29 bits per heavy atom. The highest BCUT2D eigenvalue weighted by Crippen LogP contribution is 2.35. The minimum absolute atomic E-state index is 0.0477. The Hall–Kier alpha value is -1.26. The average Bonchev–Trinajstić information content (AvgIpc) is 2.92. The van der Waals surface area contributed by atoms with E-state index in [2.05, 4.69) is 0 Å². The summed E-state index contributed by atoms with van der Waals surface area (Å²) >= 11 is 5.82. The first-order valence-electron chi connectivity index (χ1n) is 7.55. The van der Waals surface area contributed by atoms with Crippen LogP contribution in [0.4, 0.5) is 0 Å². The number of likely N-dealkylation sites (tertiary alicyclic amines) is 1. The van der Waals surface area contributed by atoms with Gasteiger partial charge in [0.25, 0.3) is 5.91 Å². The molecule has 1 saturated carbocycles. The number of amides is 1. The highest BCUT2D eigenvalue weighted by molar-refractivity contribution is 6.30. The highest BCUT2D eigenvalue weighted by Gasteiger charge is 2.40. The zero-order chi connectivity index (χ0) is 14.8. The molecule has 2 aliphatic rings. The molecule has 0 spiro atoms. The van der Waals surface area contributed by atoms with Gasteiger partial charge in [0.15, 0.2) is 6.61 Å². The van der Waals surface area contributed by atoms with Crippen molar-refractivity contribution in [3.05, 3.63) is 29.3 Å². The molecule has 1 amide bonds. The zero-order valence-electron chi connectivity index (χ0n) is 12.0. The molecule has 3 atom stereocenters. The van der Waals surface area contributed by atoms with Crippen LogP contribution >= 0.6 is 11.6 Å². The number of carbonyl (C=O) groups is 1. The number of nitrogens with two attached hydrogens (primary N) is 1. The SMILES string of the molecule is NC1CCCC2CN(C(=O)COc3ccc(Cl)cc3)CC12. The Labute approximate surface area is 130 Å². The Kier molecular flexibility index (Phi) is 4.36. The van der Waals surface area contributed by atoms with E-state index in [4.69, 9.17) is 22.1 Å². The number of benzene rings is 1. The lowest BCUT2D eigenvalue weighted by Gasteiger charge is -2.29. The number of fused-ring (bicyclic) bond motifs is 1. The van der Waals surface area contributed by atoms with E-state index in [1.807, 2.05) is 4.90 Å². The number of rotatable bonds is 3. The normalized spacial score (nSPS) is 28.3. The lowest BCUT2D eigenvalue weighted by molar-refractivity contribution is -0.132. The summed E-state index contributed by atoms with van der Waals surface area (Å²) in [6.07, 6.45) is 3.47. The van der Waals surface area contributed by atoms with Crippen molar-refractivity contribution in [2.45, 2.75) is 25.3 Å². The molecule has 3 unspecified atom stereocenters. The molecule has 0 bridgehead atoms. The number of hydrogen-bond donors (Lipinski definition) is 1. The Morgan fingerprint density at radius 3 is 2.76 bits per heavy atom. The molecule has 1 aromatic carbocycles. The van der Waals surface area contributed by atoms with Crippen molar-refractivity contribution in [2.24, 2.45) is 17.6 Å². The minimum atomic E-state index is 0.0477. The van der Waals surface area contributed by atoms with Gasteiger partial charge in [0.1, 0.15) is 5.75 Å². The van der Waals surface area contributed by atoms with E-state index < -0.39 is 0 Å². The van der Waals surface area contributed by atoms with Crippen molar-refractivity contribution in [1.29, 1.82) is 0 Å². The summed E-state index contributed by atoms with van der Waals surface area (Å²) in [5.41, 5.74) is 6.18. The van der Waals surface area contributed by atoms with Crippen molar-refractivity contribution >= 4 is 17.5 Å². The van der Waals surface area contributed by atoms with Crippen LogP contribution in [0.2, 0.25) is 5.02 Å². The van der Waals surface area contributed by atoms with Crippen LogP contribution in [0.5, 0.6) is 5.75 Å². The van der Waals surface area contributed by atoms with Gasteiger partial charge in [-0.15, -0.1) is 0 Å². The van der Waals surface area contributed by atoms with Gasteiger partial charge in [-0.3, -0.25) is 4.79 Å². The van der Waals surface area contributed by atoms with Gasteiger partial charge < -0.3 is 15.4 Å². The van der Waals surface area contributed by atoms with Crippen LogP contribution in [0.3, 0.4) is 0 Å². The first-order chi connectivity index (χ1) is 10.1. The van der Waals surface area contributed by atoms with E-state index in [-0.39, 0.29) is 18.6 Å². The molecule has 0 radical (unpaired) electrons. The van der Waals surface area contributed by atoms with Gasteiger partial charge >= 0.3 is 0 Å². The average molecular weight is 309 g/mol. The summed E-state index contributed by atoms with van der Waals surface area (Å²) in [7, 11) is 0. The first-order valence-corrected chi connectivity index (χ1v) is 7.93. The zero-order valence-corrected chi connectivity index (χ0v) is 12.8. The predicted molar refractivity (Wildman–Crippen MR) is 82.3 cm³/mol. The van der Waals surface area contributed by atoms with E-state index in [0.29, 0.717) is 22.6 Å². The molecule has 1 saturated heterocycles. The van der Waals surface area contributed by atoms with Crippen molar-refractivity contribution in [2.75, 3.05) is 19.7 Å². The van der Waals surface area contributed by atoms with Crippen LogP contribution in [0.1, 0.15) is 19.3 Å². The molecule has 0 aromatic heterocycles. The molecule has 2 fully saturated rings. The summed E-state index contributed by atoms with van der Waals surface area (Å²) in [6.45, 7) is 1.70. The molecule has 4 nitrogen and oxygen atoms in total. The highest BCUT2D eigenvalue weighted by atomic mass is 35.5. The van der Waals surface area contributed by atoms with Crippen LogP contribution in [-0.4, -0.2) is 36.5 Å². The Bertz CT molecular complexity index is 506. The predicted octanol–water partition coefficient (Wildman–Crippen LogP) is 2.30. The van der Waals surface area contributed by atoms with Crippen LogP contribution < -0.4 is 10.5 Å². The second-order valence-electron chi connectivity index (χ2n) is 6.06. The molecular formula is C16H21ClN2O2. The molecule has 5 heteroatoms. The smallest absolute Gasteiger partial charge is 0.260 e. The minimum Gasteiger partial charge on any atom is -0.484 e. The molecular weight excluding hydrogens is 288 g/mol. The third-order valence-corrected chi connectivity index (χ3v) is 4.93. The summed E-state index contributed by atoms with van der Waals surface area (Å²) in [5, 5.41) is 0.659. The monoisotopic (exact) mass is 308 g/mol. The van der Waals surface area contributed by atoms with Crippen LogP contribution in [0.25, 0.3) is 0 Å². The molecule has 114 valence electrons. The van der Waals surface area contributed by atoms with Crippen LogP contribution in [0, 0.1) is 11.8 Å². The van der Waals surface area contributed by atoms with Gasteiger partial charge in [0.05, 0.1) is 0 Å². The largest absolute Gasteiger partial charge is 0.484 e. The van der Waals surface area contributed by atoms with E-state index in [1.54, 1.807) is 24.3 Å². The van der Waals surface area contributed by atoms with Crippen molar-refractivity contribution < 1.29 is 9.53 Å². The van der Waals surface area contributed by atoms with E-state index in [9.17, 15) is 4.79 Å². The number of ether oxygens (including phenoxy) is 1. The second-order valence-corrected chi connectivity index (χ2v) is 6.50. The summed E-state index contributed by atoms with van der Waals surface area (Å²) in [6, 6.07) is 7.30. The van der Waals surface area contributed by atoms with Crippen LogP contribution in [-0.2, 0) is 4.79 Å². The number of halogens is 1. The standard InChI is InChI=1S/C16H21ClN2O2/c17-12-4-6-13(7-5-12)21-10-16(20)19-8-11-2-1-3-15(18)14(11)9-19/h4-7,11,14-15H,1-3,8-10,18H2. The lowest BCUT2D eigenvalue weighted by atomic mass is 9.78. The third kappa shape index (κ3) is 3.33. The molecule has 1 aliphatic carbocycles. The van der Waals surface area contributed by atoms with E-state index in [1.165, 1.54) is 12.8 Å². The molecule has 2 N–H and O–H groups in total. The molecule has 21 heavy (non-hydrogen) atoms. The maximum absolute atomic E-state index is 12.3. The summed E-state index contributed by atoms with van der Waals surface area (Å²) < 4.78 is 5.53. The second kappa shape index (κ2) is 6.24. The van der Waals surface area contributed by atoms with Gasteiger partial charge in [-0.2, -0.15) is 0 Å². The molecule has 1 heterocycles. The van der Waals surface area contributed by atoms with Crippen molar-refractivity contribution in [3.63, 3.8) is 0 Å². The van der Waals surface area contributed by atoms with Gasteiger partial charge in [0, 0.05) is 24.2 Å². The van der Waals surface area contributed by atoms with Crippen molar-refractivity contribution in [1.82, 2.24) is 4.90 Å². The summed E-state index contributed by atoms with van der Waals surface area (Å²) in [5.74, 6) is 1.76. The van der Waals surface area contributed by atoms with E-state index >= 15 is 0 Å². The Morgan fingerprint density at radius 2 is 2.05 bits per heavy atom. The summed E-state index contributed by atoms with van der Waals surface area (Å²) in [4.78, 5) is 14.2. The number of hydrogen-bond acceptors (Lipinski definition) is 3. The Balaban J connectivity index is 1.53. The quantitative estimate of drug-likeness (QED) is 0.932. The molecule has 1 aromatic rings. The lowest BCUT2D eigenvalue weighted by Crippen LogP contribution is -2.39. The number of carbonyl (C=O) groups excluding carboxylic acids is 1. The fraction of sp³-hybridized carbons (Fsp3) is 0.562. The van der Waals surface area contributed by atoms with Gasteiger partial charge in [-0.05, 0) is 48.9 Å². The van der Waals surface area contributed by atoms with Gasteiger partial charge in [-0.25, -0.2) is 0 Å². The van der Waals surface area contributed by atoms with Gasteiger partial charge in [0.2, 0.25) is 0 Å². The topological polar surface area (TPSA) is 55.6 Å². The maximum atomic E-state index is 12.3. The van der Waals surface area contributed by atoms with Crippen LogP contribution in [0.15, 0.2) is 24.3 Å². The molecule has 3 rings (SSSR count). The first kappa shape index (κ1) is 14.7.